The van der Waals surface area contributed by atoms with E-state index in [2.05, 4.69) is 0 Å². The van der Waals surface area contributed by atoms with E-state index >= 15 is 0 Å². The van der Waals surface area contributed by atoms with Gasteiger partial charge in [-0.05, 0) is 43.9 Å². The molecule has 2 aromatic carbocycles. The van der Waals surface area contributed by atoms with Crippen molar-refractivity contribution in [1.29, 1.82) is 0 Å². The molecular weight excluding hydrogens is 458 g/mol. The Morgan fingerprint density at radius 2 is 1.68 bits per heavy atom. The average molecular weight is 488 g/mol. The Labute approximate surface area is 199 Å². The van der Waals surface area contributed by atoms with Crippen molar-refractivity contribution in [3.63, 3.8) is 0 Å². The van der Waals surface area contributed by atoms with Crippen LogP contribution in [-0.2, 0) is 26.0 Å². The molecular formula is C25H29NO7S. The lowest BCUT2D eigenvalue weighted by Crippen LogP contribution is -2.41. The number of nitrogens with zero attached hydrogens (tertiary/aromatic N) is 1. The van der Waals surface area contributed by atoms with Gasteiger partial charge in [-0.1, -0.05) is 31.2 Å². The van der Waals surface area contributed by atoms with Crippen molar-refractivity contribution in [3.05, 3.63) is 53.6 Å². The maximum absolute atomic E-state index is 13.1. The van der Waals surface area contributed by atoms with Gasteiger partial charge in [-0.15, -0.1) is 0 Å². The molecule has 2 aliphatic rings. The third kappa shape index (κ3) is 5.10. The van der Waals surface area contributed by atoms with Gasteiger partial charge in [0.25, 0.3) is 0 Å². The monoisotopic (exact) mass is 487 g/mol. The summed E-state index contributed by atoms with van der Waals surface area (Å²) in [5.74, 6) is -0.244. The van der Waals surface area contributed by atoms with E-state index in [9.17, 15) is 18.0 Å². The Morgan fingerprint density at radius 3 is 2.32 bits per heavy atom. The zero-order chi connectivity index (χ0) is 24.3. The molecule has 0 aromatic heterocycles. The van der Waals surface area contributed by atoms with Gasteiger partial charge in [0.15, 0.2) is 17.6 Å². The Bertz CT molecular complexity index is 1150. The first-order valence-corrected chi connectivity index (χ1v) is 13.0. The molecule has 0 aliphatic carbocycles. The van der Waals surface area contributed by atoms with E-state index in [1.165, 1.54) is 16.4 Å². The fourth-order valence-corrected chi connectivity index (χ4v) is 5.61. The summed E-state index contributed by atoms with van der Waals surface area (Å²) in [6.07, 6.45) is 0.630. The number of carbonyl (C=O) groups excluding carboxylic acids is 2. The first kappa shape index (κ1) is 24.2. The highest BCUT2D eigenvalue weighted by molar-refractivity contribution is 7.89. The second-order valence-electron chi connectivity index (χ2n) is 8.48. The largest absolute Gasteiger partial charge is 0.486 e. The molecule has 0 saturated carbocycles. The van der Waals surface area contributed by atoms with Crippen LogP contribution in [0.2, 0.25) is 0 Å². The summed E-state index contributed by atoms with van der Waals surface area (Å²) in [7, 11) is -3.73. The highest BCUT2D eigenvalue weighted by atomic mass is 32.2. The van der Waals surface area contributed by atoms with Crippen LogP contribution in [0, 0.1) is 5.92 Å². The number of piperidine rings is 1. The van der Waals surface area contributed by atoms with Crippen LogP contribution >= 0.6 is 0 Å². The lowest BCUT2D eigenvalue weighted by Gasteiger charge is -2.31. The van der Waals surface area contributed by atoms with Gasteiger partial charge in [-0.3, -0.25) is 9.59 Å². The normalized spacial score (nSPS) is 17.7. The number of ether oxygens (including phenoxy) is 3. The highest BCUT2D eigenvalue weighted by Gasteiger charge is 2.34. The highest BCUT2D eigenvalue weighted by Crippen LogP contribution is 2.34. The topological polar surface area (TPSA) is 99.2 Å². The first-order valence-electron chi connectivity index (χ1n) is 11.5. The summed E-state index contributed by atoms with van der Waals surface area (Å²) in [6, 6.07) is 11.8. The number of rotatable bonds is 7. The summed E-state index contributed by atoms with van der Waals surface area (Å²) < 4.78 is 43.9. The molecule has 4 rings (SSSR count). The molecule has 2 aromatic rings. The van der Waals surface area contributed by atoms with Crippen LogP contribution in [0.3, 0.4) is 0 Å². The fraction of sp³-hybridized carbons (Fsp3) is 0.440. The quantitative estimate of drug-likeness (QED) is 0.437. The Balaban J connectivity index is 1.33. The van der Waals surface area contributed by atoms with Gasteiger partial charge in [-0.2, -0.15) is 4.31 Å². The third-order valence-electron chi connectivity index (χ3n) is 6.25. The van der Waals surface area contributed by atoms with Crippen LogP contribution < -0.4 is 9.47 Å². The van der Waals surface area contributed by atoms with E-state index in [0.717, 1.165) is 12.0 Å². The molecule has 8 nitrogen and oxygen atoms in total. The van der Waals surface area contributed by atoms with Crippen molar-refractivity contribution in [1.82, 2.24) is 4.31 Å². The van der Waals surface area contributed by atoms with Gasteiger partial charge in [0.2, 0.25) is 15.8 Å². The number of hydrogen-bond donors (Lipinski definition) is 0. The van der Waals surface area contributed by atoms with Gasteiger partial charge in [-0.25, -0.2) is 8.42 Å². The third-order valence-corrected chi connectivity index (χ3v) is 8.14. The van der Waals surface area contributed by atoms with Crippen LogP contribution in [0.1, 0.15) is 42.6 Å². The molecule has 2 aliphatic heterocycles. The standard InChI is InChI=1S/C25H29NO7S/c1-3-18-4-6-19(7-5-18)24(27)17(2)33-25(28)20-10-12-26(13-11-20)34(29,30)21-8-9-22-23(16-21)32-15-14-31-22/h4-9,16-17,20H,3,10-15H2,1-2H3. The second kappa shape index (κ2) is 10.1. The number of aryl methyl sites for hydroxylation is 1. The summed E-state index contributed by atoms with van der Waals surface area (Å²) in [6.45, 7) is 4.78. The Morgan fingerprint density at radius 1 is 1.03 bits per heavy atom. The van der Waals surface area contributed by atoms with E-state index in [1.807, 2.05) is 19.1 Å². The van der Waals surface area contributed by atoms with Gasteiger partial charge >= 0.3 is 5.97 Å². The average Bonchev–Trinajstić information content (AvgIpc) is 2.88. The smallest absolute Gasteiger partial charge is 0.309 e. The van der Waals surface area contributed by atoms with Gasteiger partial charge < -0.3 is 14.2 Å². The zero-order valence-electron chi connectivity index (χ0n) is 19.4. The molecule has 1 atom stereocenters. The molecule has 9 heteroatoms. The molecule has 0 radical (unpaired) electrons. The molecule has 0 amide bonds. The molecule has 1 fully saturated rings. The zero-order valence-corrected chi connectivity index (χ0v) is 20.2. The molecule has 182 valence electrons. The summed E-state index contributed by atoms with van der Waals surface area (Å²) >= 11 is 0. The van der Waals surface area contributed by atoms with Gasteiger partial charge in [0.05, 0.1) is 10.8 Å². The lowest BCUT2D eigenvalue weighted by atomic mass is 9.98. The number of carbonyl (C=O) groups is 2. The maximum atomic E-state index is 13.1. The molecule has 0 N–H and O–H groups in total. The number of benzene rings is 2. The molecule has 34 heavy (non-hydrogen) atoms. The predicted octanol–water partition coefficient (Wildman–Crippen LogP) is 3.24. The van der Waals surface area contributed by atoms with Crippen LogP contribution in [0.15, 0.2) is 47.4 Å². The SMILES string of the molecule is CCc1ccc(C(=O)C(C)OC(=O)C2CCN(S(=O)(=O)c3ccc4c(c3)OCCO4)CC2)cc1. The predicted molar refractivity (Wildman–Crippen MR) is 125 cm³/mol. The number of hydrogen-bond acceptors (Lipinski definition) is 7. The number of fused-ring (bicyclic) bond motifs is 1. The van der Waals surface area contributed by atoms with Crippen molar-refractivity contribution in [2.75, 3.05) is 26.3 Å². The number of ketones is 1. The van der Waals surface area contributed by atoms with Crippen LogP contribution in [0.5, 0.6) is 11.5 Å². The van der Waals surface area contributed by atoms with Gasteiger partial charge in [0.1, 0.15) is 13.2 Å². The minimum atomic E-state index is -3.73. The van der Waals surface area contributed by atoms with Crippen molar-refractivity contribution >= 4 is 21.8 Å². The number of sulfonamides is 1. The second-order valence-corrected chi connectivity index (χ2v) is 10.4. The van der Waals surface area contributed by atoms with E-state index in [4.69, 9.17) is 14.2 Å². The summed E-state index contributed by atoms with van der Waals surface area (Å²) in [5, 5.41) is 0. The lowest BCUT2D eigenvalue weighted by molar-refractivity contribution is -0.152. The van der Waals surface area contributed by atoms with E-state index < -0.39 is 28.0 Å². The molecule has 2 heterocycles. The number of Topliss-reactive ketones (excluding diaryl/α,β-unsaturated/α-hetero) is 1. The van der Waals surface area contributed by atoms with Crippen molar-refractivity contribution in [2.24, 2.45) is 5.92 Å². The molecule has 1 unspecified atom stereocenters. The van der Waals surface area contributed by atoms with Crippen LogP contribution in [-0.4, -0.2) is 56.9 Å². The first-order chi connectivity index (χ1) is 16.3. The summed E-state index contributed by atoms with van der Waals surface area (Å²) in [5.41, 5.74) is 1.62. The van der Waals surface area contributed by atoms with Crippen molar-refractivity contribution in [3.8, 4) is 11.5 Å². The Kier molecular flexibility index (Phi) is 7.23. The van der Waals surface area contributed by atoms with Crippen molar-refractivity contribution < 1.29 is 32.2 Å². The van der Waals surface area contributed by atoms with Gasteiger partial charge in [0, 0.05) is 24.7 Å². The van der Waals surface area contributed by atoms with E-state index in [1.54, 1.807) is 25.1 Å². The fourth-order valence-electron chi connectivity index (χ4n) is 4.13. The van der Waals surface area contributed by atoms with Crippen LogP contribution in [0.4, 0.5) is 0 Å². The number of esters is 1. The maximum Gasteiger partial charge on any atom is 0.309 e. The molecule has 0 spiro atoms. The van der Waals surface area contributed by atoms with E-state index in [0.29, 0.717) is 43.1 Å². The molecule has 0 bridgehead atoms. The summed E-state index contributed by atoms with van der Waals surface area (Å²) in [4.78, 5) is 25.4. The Hall–Kier alpha value is -2.91. The minimum Gasteiger partial charge on any atom is -0.486 e. The minimum absolute atomic E-state index is 0.131. The molecule has 1 saturated heterocycles. The van der Waals surface area contributed by atoms with E-state index in [-0.39, 0.29) is 23.8 Å². The van der Waals surface area contributed by atoms with Crippen LogP contribution in [0.25, 0.3) is 0 Å². The van der Waals surface area contributed by atoms with Crippen molar-refractivity contribution in [2.45, 2.75) is 44.1 Å².